The number of ether oxygens (including phenoxy) is 1. The van der Waals surface area contributed by atoms with E-state index in [1.165, 1.54) is 11.8 Å². The molecular weight excluding hydrogens is 196 g/mol. The number of rotatable bonds is 5. The Kier molecular flexibility index (Phi) is 5.88. The summed E-state index contributed by atoms with van der Waals surface area (Å²) in [4.78, 5) is 0. The van der Waals surface area contributed by atoms with Gasteiger partial charge >= 0.3 is 0 Å². The molecule has 0 aromatic heterocycles. The van der Waals surface area contributed by atoms with Crippen LogP contribution in [0.15, 0.2) is 43.2 Å². The van der Waals surface area contributed by atoms with Crippen LogP contribution in [0.2, 0.25) is 0 Å². The molecule has 1 unspecified atom stereocenters. The highest BCUT2D eigenvalue weighted by Gasteiger charge is 1.92. The molecule has 0 aliphatic carbocycles. The van der Waals surface area contributed by atoms with Crippen molar-refractivity contribution in [2.24, 2.45) is 0 Å². The first-order chi connectivity index (χ1) is 7.83. The third kappa shape index (κ3) is 5.26. The first-order valence-electron chi connectivity index (χ1n) is 5.61. The largest absolute Gasteiger partial charge is 0.486 e. The molecule has 1 aromatic carbocycles. The van der Waals surface area contributed by atoms with Crippen molar-refractivity contribution in [3.8, 4) is 11.8 Å². The van der Waals surface area contributed by atoms with Gasteiger partial charge in [0.1, 0.15) is 0 Å². The van der Waals surface area contributed by atoms with Gasteiger partial charge in [0.05, 0.1) is 6.26 Å². The maximum atomic E-state index is 5.10. The summed E-state index contributed by atoms with van der Waals surface area (Å²) < 4.78 is 5.10. The lowest BCUT2D eigenvalue weighted by molar-refractivity contribution is 0.213. The van der Waals surface area contributed by atoms with Crippen LogP contribution in [0.4, 0.5) is 0 Å². The molecule has 0 aliphatic heterocycles. The summed E-state index contributed by atoms with van der Waals surface area (Å²) in [6, 6.07) is 10.5. The zero-order valence-corrected chi connectivity index (χ0v) is 9.78. The van der Waals surface area contributed by atoms with Gasteiger partial charge in [-0.25, -0.2) is 0 Å². The molecule has 0 heterocycles. The number of benzene rings is 1. The molecule has 0 spiro atoms. The Bertz CT molecular complexity index is 356. The molecule has 1 atom stereocenters. The van der Waals surface area contributed by atoms with Crippen LogP contribution < -0.4 is 0 Å². The SMILES string of the molecule is C=COC(C)C#CCCCc1ccccc1. The normalized spacial score (nSPS) is 11.1. The van der Waals surface area contributed by atoms with E-state index < -0.39 is 0 Å². The van der Waals surface area contributed by atoms with Crippen LogP contribution in [0.25, 0.3) is 0 Å². The minimum atomic E-state index is -0.0470. The second-order valence-electron chi connectivity index (χ2n) is 3.61. The fraction of sp³-hybridized carbons (Fsp3) is 0.333. The van der Waals surface area contributed by atoms with Crippen molar-refractivity contribution in [1.29, 1.82) is 0 Å². The standard InChI is InChI=1S/C15H18O/c1-3-16-14(2)10-6-4-7-11-15-12-8-5-9-13-15/h3,5,8-9,12-14H,1,4,7,11H2,2H3. The van der Waals surface area contributed by atoms with Crippen LogP contribution in [-0.4, -0.2) is 6.10 Å². The van der Waals surface area contributed by atoms with Crippen LogP contribution in [-0.2, 0) is 11.2 Å². The average Bonchev–Trinajstić information content (AvgIpc) is 2.30. The number of hydrogen-bond acceptors (Lipinski definition) is 1. The molecule has 1 heteroatoms. The Morgan fingerprint density at radius 3 is 2.81 bits per heavy atom. The van der Waals surface area contributed by atoms with Gasteiger partial charge in [0.2, 0.25) is 0 Å². The summed E-state index contributed by atoms with van der Waals surface area (Å²) >= 11 is 0. The lowest BCUT2D eigenvalue weighted by Gasteiger charge is -2.01. The molecule has 0 N–H and O–H groups in total. The first kappa shape index (κ1) is 12.4. The van der Waals surface area contributed by atoms with E-state index >= 15 is 0 Å². The van der Waals surface area contributed by atoms with Gasteiger partial charge in [0, 0.05) is 6.42 Å². The topological polar surface area (TPSA) is 9.23 Å². The van der Waals surface area contributed by atoms with Crippen LogP contribution >= 0.6 is 0 Å². The molecule has 0 saturated heterocycles. The Labute approximate surface area is 98.1 Å². The van der Waals surface area contributed by atoms with E-state index in [0.717, 1.165) is 19.3 Å². The Morgan fingerprint density at radius 1 is 1.38 bits per heavy atom. The number of unbranched alkanes of at least 4 members (excludes halogenated alkanes) is 1. The van der Waals surface area contributed by atoms with Crippen molar-refractivity contribution >= 4 is 0 Å². The predicted molar refractivity (Wildman–Crippen MR) is 67.9 cm³/mol. The van der Waals surface area contributed by atoms with Crippen molar-refractivity contribution in [2.45, 2.75) is 32.3 Å². The van der Waals surface area contributed by atoms with Gasteiger partial charge in [0.25, 0.3) is 0 Å². The molecule has 84 valence electrons. The van der Waals surface area contributed by atoms with E-state index in [1.54, 1.807) is 0 Å². The van der Waals surface area contributed by atoms with E-state index in [0.29, 0.717) is 0 Å². The van der Waals surface area contributed by atoms with Crippen LogP contribution in [0, 0.1) is 11.8 Å². The van der Waals surface area contributed by atoms with Crippen molar-refractivity contribution in [3.05, 3.63) is 48.7 Å². The fourth-order valence-electron chi connectivity index (χ4n) is 1.42. The van der Waals surface area contributed by atoms with Crippen LogP contribution in [0.3, 0.4) is 0 Å². The van der Waals surface area contributed by atoms with E-state index in [1.807, 2.05) is 13.0 Å². The smallest absolute Gasteiger partial charge is 0.155 e. The van der Waals surface area contributed by atoms with Gasteiger partial charge in [-0.3, -0.25) is 0 Å². The van der Waals surface area contributed by atoms with Gasteiger partial charge < -0.3 is 4.74 Å². The minimum absolute atomic E-state index is 0.0470. The monoisotopic (exact) mass is 214 g/mol. The van der Waals surface area contributed by atoms with Crippen LogP contribution in [0.1, 0.15) is 25.3 Å². The highest BCUT2D eigenvalue weighted by molar-refractivity contribution is 5.15. The quantitative estimate of drug-likeness (QED) is 0.413. The molecule has 0 fully saturated rings. The third-order valence-corrected chi connectivity index (χ3v) is 2.22. The maximum absolute atomic E-state index is 5.10. The molecule has 1 aromatic rings. The highest BCUT2D eigenvalue weighted by Crippen LogP contribution is 2.03. The predicted octanol–water partition coefficient (Wildman–Crippen LogP) is 3.56. The number of aryl methyl sites for hydroxylation is 1. The summed E-state index contributed by atoms with van der Waals surface area (Å²) in [7, 11) is 0. The van der Waals surface area contributed by atoms with Crippen LogP contribution in [0.5, 0.6) is 0 Å². The van der Waals surface area contributed by atoms with Gasteiger partial charge in [-0.05, 0) is 25.3 Å². The highest BCUT2D eigenvalue weighted by atomic mass is 16.5. The molecule has 0 radical (unpaired) electrons. The second-order valence-corrected chi connectivity index (χ2v) is 3.61. The van der Waals surface area contributed by atoms with Gasteiger partial charge in [0.15, 0.2) is 6.10 Å². The summed E-state index contributed by atoms with van der Waals surface area (Å²) in [5.74, 6) is 6.14. The van der Waals surface area contributed by atoms with Crippen molar-refractivity contribution in [2.75, 3.05) is 0 Å². The molecule has 16 heavy (non-hydrogen) atoms. The molecule has 0 amide bonds. The number of hydrogen-bond donors (Lipinski definition) is 0. The van der Waals surface area contributed by atoms with Crippen molar-refractivity contribution < 1.29 is 4.74 Å². The lowest BCUT2D eigenvalue weighted by atomic mass is 10.1. The third-order valence-electron chi connectivity index (χ3n) is 2.22. The molecular formula is C15H18O. The first-order valence-corrected chi connectivity index (χ1v) is 5.61. The molecule has 0 aliphatic rings. The van der Waals surface area contributed by atoms with Gasteiger partial charge in [-0.1, -0.05) is 48.8 Å². The summed E-state index contributed by atoms with van der Waals surface area (Å²) in [5, 5.41) is 0. The maximum Gasteiger partial charge on any atom is 0.155 e. The fourth-order valence-corrected chi connectivity index (χ4v) is 1.42. The summed E-state index contributed by atoms with van der Waals surface area (Å²) in [6.45, 7) is 5.42. The lowest BCUT2D eigenvalue weighted by Crippen LogP contribution is -1.98. The molecule has 0 saturated carbocycles. The molecule has 0 bridgehead atoms. The summed E-state index contributed by atoms with van der Waals surface area (Å²) in [6.07, 6.45) is 4.49. The second kappa shape index (κ2) is 7.59. The van der Waals surface area contributed by atoms with Gasteiger partial charge in [-0.15, -0.1) is 0 Å². The molecule has 1 rings (SSSR count). The Morgan fingerprint density at radius 2 is 2.12 bits per heavy atom. The van der Waals surface area contributed by atoms with E-state index in [9.17, 15) is 0 Å². The Balaban J connectivity index is 2.19. The van der Waals surface area contributed by atoms with E-state index in [4.69, 9.17) is 4.74 Å². The zero-order chi connectivity index (χ0) is 11.6. The van der Waals surface area contributed by atoms with E-state index in [-0.39, 0.29) is 6.10 Å². The van der Waals surface area contributed by atoms with Crippen molar-refractivity contribution in [1.82, 2.24) is 0 Å². The summed E-state index contributed by atoms with van der Waals surface area (Å²) in [5.41, 5.74) is 1.37. The Hall–Kier alpha value is -1.68. The minimum Gasteiger partial charge on any atom is -0.486 e. The van der Waals surface area contributed by atoms with Gasteiger partial charge in [-0.2, -0.15) is 0 Å². The van der Waals surface area contributed by atoms with Crippen molar-refractivity contribution in [3.63, 3.8) is 0 Å². The molecule has 1 nitrogen and oxygen atoms in total. The zero-order valence-electron chi connectivity index (χ0n) is 9.78. The average molecular weight is 214 g/mol. The van der Waals surface area contributed by atoms with E-state index in [2.05, 4.69) is 42.7 Å².